The number of hydrogen-bond acceptors (Lipinski definition) is 5. The maximum Gasteiger partial charge on any atom is 0.276 e. The number of piperidine rings is 1. The van der Waals surface area contributed by atoms with Gasteiger partial charge in [0, 0.05) is 19.2 Å². The zero-order valence-electron chi connectivity index (χ0n) is 22.2. The number of aromatic nitrogens is 1. The van der Waals surface area contributed by atoms with E-state index in [1.807, 2.05) is 25.1 Å². The highest BCUT2D eigenvalue weighted by molar-refractivity contribution is 5.99. The van der Waals surface area contributed by atoms with Gasteiger partial charge in [0.15, 0.2) is 23.1 Å². The summed E-state index contributed by atoms with van der Waals surface area (Å²) in [5.74, 6) is -4.37. The number of pyridine rings is 1. The van der Waals surface area contributed by atoms with Gasteiger partial charge in [-0.3, -0.25) is 4.79 Å². The van der Waals surface area contributed by atoms with Crippen LogP contribution in [0, 0.1) is 17.5 Å². The molecule has 1 fully saturated rings. The zero-order chi connectivity index (χ0) is 28.6. The summed E-state index contributed by atoms with van der Waals surface area (Å²) in [5, 5.41) is 2.74. The smallest absolute Gasteiger partial charge is 0.276 e. The largest absolute Gasteiger partial charge is 0.486 e. The molecule has 4 rings (SSSR count). The lowest BCUT2D eigenvalue weighted by atomic mass is 10.1. The molecule has 0 bridgehead atoms. The maximum absolute atomic E-state index is 15.5. The summed E-state index contributed by atoms with van der Waals surface area (Å²) in [6.45, 7) is 7.32. The molecule has 2 heterocycles. The Labute approximate surface area is 231 Å². The van der Waals surface area contributed by atoms with E-state index in [0.717, 1.165) is 61.8 Å². The van der Waals surface area contributed by atoms with Gasteiger partial charge in [0.1, 0.15) is 18.1 Å². The molecular weight excluding hydrogens is 517 g/mol. The standard InChI is InChI=1S/C31H31F3N4O2/c1-3-11-25(38-16-9-6-10-17-38)24(4-2)36-31(39)30-23(35)18-22(33)29(37-30)27-21(32)14-15-26(28(27)34)40-19-20-12-7-5-8-13-20/h3-5,7-8,11-15,18H,2,6,9-10,16-17,19,35H2,1H3,(H,36,39)/b11-3-,25-24-. The SMILES string of the molecule is C=C/C(NC(=O)c1nc(-c2c(F)ccc(OCc3ccccc3)c2F)c(F)cc1N)=C(\C=C/C)N1CCCCC1. The number of likely N-dealkylation sites (tertiary alicyclic amines) is 1. The molecule has 1 amide bonds. The average molecular weight is 549 g/mol. The molecule has 0 radical (unpaired) electrons. The van der Waals surface area contributed by atoms with Crippen molar-refractivity contribution in [3.05, 3.63) is 113 Å². The molecule has 3 aromatic rings. The normalized spacial score (nSPS) is 14.2. The van der Waals surface area contributed by atoms with E-state index in [0.29, 0.717) is 5.70 Å². The second-order valence-electron chi connectivity index (χ2n) is 9.27. The van der Waals surface area contributed by atoms with Crippen LogP contribution in [-0.2, 0) is 6.61 Å². The third-order valence-corrected chi connectivity index (χ3v) is 6.50. The first-order chi connectivity index (χ1) is 19.3. The highest BCUT2D eigenvalue weighted by Gasteiger charge is 2.25. The number of halogens is 3. The number of hydrogen-bond donors (Lipinski definition) is 2. The Bertz CT molecular complexity index is 1450. The van der Waals surface area contributed by atoms with Crippen LogP contribution >= 0.6 is 0 Å². The highest BCUT2D eigenvalue weighted by atomic mass is 19.1. The van der Waals surface area contributed by atoms with Crippen LogP contribution < -0.4 is 15.8 Å². The van der Waals surface area contributed by atoms with Crippen molar-refractivity contribution in [3.8, 4) is 17.0 Å². The molecule has 0 unspecified atom stereocenters. The second-order valence-corrected chi connectivity index (χ2v) is 9.27. The predicted octanol–water partition coefficient (Wildman–Crippen LogP) is 6.52. The van der Waals surface area contributed by atoms with Gasteiger partial charge in [-0.25, -0.2) is 18.2 Å². The van der Waals surface area contributed by atoms with Crippen molar-refractivity contribution >= 4 is 11.6 Å². The molecule has 1 saturated heterocycles. The monoisotopic (exact) mass is 548 g/mol. The van der Waals surface area contributed by atoms with E-state index in [2.05, 4.69) is 21.8 Å². The summed E-state index contributed by atoms with van der Waals surface area (Å²) in [5.41, 5.74) is 5.73. The summed E-state index contributed by atoms with van der Waals surface area (Å²) in [6, 6.07) is 11.9. The summed E-state index contributed by atoms with van der Waals surface area (Å²) in [7, 11) is 0. The van der Waals surface area contributed by atoms with E-state index in [1.54, 1.807) is 24.3 Å². The molecule has 0 aliphatic carbocycles. The summed E-state index contributed by atoms with van der Waals surface area (Å²) < 4.78 is 50.9. The lowest BCUT2D eigenvalue weighted by Crippen LogP contribution is -2.33. The van der Waals surface area contributed by atoms with Crippen molar-refractivity contribution in [2.45, 2.75) is 32.8 Å². The molecule has 2 aromatic carbocycles. The third kappa shape index (κ3) is 6.36. The van der Waals surface area contributed by atoms with Crippen molar-refractivity contribution in [2.75, 3.05) is 18.8 Å². The van der Waals surface area contributed by atoms with Gasteiger partial charge >= 0.3 is 0 Å². The number of allylic oxidation sites excluding steroid dienone is 3. The minimum atomic E-state index is -1.15. The first-order valence-corrected chi connectivity index (χ1v) is 13.0. The molecule has 9 heteroatoms. The number of nitrogen functional groups attached to an aromatic ring is 1. The number of nitrogens with two attached hydrogens (primary N) is 1. The van der Waals surface area contributed by atoms with Crippen molar-refractivity contribution in [2.24, 2.45) is 0 Å². The molecule has 208 valence electrons. The van der Waals surface area contributed by atoms with Crippen molar-refractivity contribution in [1.82, 2.24) is 15.2 Å². The van der Waals surface area contributed by atoms with Crippen molar-refractivity contribution < 1.29 is 22.7 Å². The number of carbonyl (C=O) groups is 1. The van der Waals surface area contributed by atoms with E-state index >= 15 is 8.78 Å². The van der Waals surface area contributed by atoms with E-state index in [4.69, 9.17) is 10.5 Å². The Balaban J connectivity index is 1.68. The van der Waals surface area contributed by atoms with Crippen LogP contribution in [0.5, 0.6) is 5.75 Å². The minimum absolute atomic E-state index is 0.0103. The van der Waals surface area contributed by atoms with Crippen molar-refractivity contribution in [3.63, 3.8) is 0 Å². The summed E-state index contributed by atoms with van der Waals surface area (Å²) >= 11 is 0. The Morgan fingerprint density at radius 1 is 1.10 bits per heavy atom. The molecule has 6 nitrogen and oxygen atoms in total. The maximum atomic E-state index is 15.5. The lowest BCUT2D eigenvalue weighted by Gasteiger charge is -2.31. The van der Waals surface area contributed by atoms with Crippen LogP contribution in [-0.4, -0.2) is 28.9 Å². The quantitative estimate of drug-likeness (QED) is 0.298. The fourth-order valence-corrected chi connectivity index (χ4v) is 4.52. The van der Waals surface area contributed by atoms with Crippen LogP contribution in [0.2, 0.25) is 0 Å². The Kier molecular flexibility index (Phi) is 9.27. The first-order valence-electron chi connectivity index (χ1n) is 13.0. The van der Waals surface area contributed by atoms with Gasteiger partial charge in [-0.2, -0.15) is 0 Å². The van der Waals surface area contributed by atoms with Crippen molar-refractivity contribution in [1.29, 1.82) is 0 Å². The van der Waals surface area contributed by atoms with Crippen LogP contribution in [0.15, 0.2) is 84.7 Å². The zero-order valence-corrected chi connectivity index (χ0v) is 22.2. The minimum Gasteiger partial charge on any atom is -0.486 e. The molecule has 1 aliphatic heterocycles. The van der Waals surface area contributed by atoms with Gasteiger partial charge < -0.3 is 20.7 Å². The van der Waals surface area contributed by atoms with E-state index in [1.165, 1.54) is 6.08 Å². The molecule has 40 heavy (non-hydrogen) atoms. The van der Waals surface area contributed by atoms with Crippen LogP contribution in [0.1, 0.15) is 42.2 Å². The summed E-state index contributed by atoms with van der Waals surface area (Å²) in [6.07, 6.45) is 8.36. The average Bonchev–Trinajstić information content (AvgIpc) is 2.96. The van der Waals surface area contributed by atoms with Gasteiger partial charge in [-0.05, 0) is 56.0 Å². The number of nitrogens with one attached hydrogen (secondary N) is 1. The van der Waals surface area contributed by atoms with Gasteiger partial charge in [-0.15, -0.1) is 0 Å². The van der Waals surface area contributed by atoms with Crippen LogP contribution in [0.25, 0.3) is 11.3 Å². The molecular formula is C31H31F3N4O2. The molecule has 0 spiro atoms. The number of anilines is 1. The molecule has 0 atom stereocenters. The van der Waals surface area contributed by atoms with E-state index in [9.17, 15) is 9.18 Å². The number of ether oxygens (including phenoxy) is 1. The van der Waals surface area contributed by atoms with Gasteiger partial charge in [0.2, 0.25) is 0 Å². The van der Waals surface area contributed by atoms with Crippen LogP contribution in [0.3, 0.4) is 0 Å². The van der Waals surface area contributed by atoms with Gasteiger partial charge in [0.05, 0.1) is 22.6 Å². The Morgan fingerprint density at radius 3 is 2.50 bits per heavy atom. The van der Waals surface area contributed by atoms with E-state index < -0.39 is 34.6 Å². The molecule has 0 saturated carbocycles. The number of nitrogens with zero attached hydrogens (tertiary/aromatic N) is 2. The predicted molar refractivity (Wildman–Crippen MR) is 150 cm³/mol. The Morgan fingerprint density at radius 2 is 1.82 bits per heavy atom. The van der Waals surface area contributed by atoms with E-state index in [-0.39, 0.29) is 23.7 Å². The molecule has 1 aliphatic rings. The molecule has 3 N–H and O–H groups in total. The fourth-order valence-electron chi connectivity index (χ4n) is 4.52. The summed E-state index contributed by atoms with van der Waals surface area (Å²) in [4.78, 5) is 19.4. The molecule has 1 aromatic heterocycles. The third-order valence-electron chi connectivity index (χ3n) is 6.50. The number of amides is 1. The second kappa shape index (κ2) is 13.0. The van der Waals surface area contributed by atoms with Crippen LogP contribution in [0.4, 0.5) is 18.9 Å². The van der Waals surface area contributed by atoms with Gasteiger partial charge in [-0.1, -0.05) is 43.0 Å². The first kappa shape index (κ1) is 28.5. The lowest BCUT2D eigenvalue weighted by molar-refractivity contribution is 0.0961. The highest BCUT2D eigenvalue weighted by Crippen LogP contribution is 2.34. The number of rotatable bonds is 9. The fraction of sp³-hybridized carbons (Fsp3) is 0.226. The number of benzene rings is 2. The topological polar surface area (TPSA) is 80.5 Å². The van der Waals surface area contributed by atoms with Gasteiger partial charge in [0.25, 0.3) is 5.91 Å². The Hall–Kier alpha value is -4.53. The number of carbonyl (C=O) groups excluding carboxylic acids is 1.